The van der Waals surface area contributed by atoms with Crippen LogP contribution in [0.5, 0.6) is 0 Å². The minimum absolute atomic E-state index is 0.0100. The van der Waals surface area contributed by atoms with Gasteiger partial charge in [0.1, 0.15) is 5.82 Å². The van der Waals surface area contributed by atoms with Crippen LogP contribution in [0.15, 0.2) is 36.4 Å². The van der Waals surface area contributed by atoms with Crippen molar-refractivity contribution in [2.24, 2.45) is 5.92 Å². The van der Waals surface area contributed by atoms with Gasteiger partial charge < -0.3 is 10.4 Å². The number of thioether (sulfide) groups is 1. The molecule has 2 aromatic carbocycles. The van der Waals surface area contributed by atoms with Gasteiger partial charge in [0, 0.05) is 23.9 Å². The summed E-state index contributed by atoms with van der Waals surface area (Å²) in [6.07, 6.45) is 7.72. The molecule has 0 unspecified atom stereocenters. The van der Waals surface area contributed by atoms with Crippen molar-refractivity contribution < 1.29 is 14.3 Å². The molecule has 168 valence electrons. The van der Waals surface area contributed by atoms with E-state index in [0.717, 1.165) is 35.0 Å². The smallest absolute Gasteiger partial charge is 0.336 e. The van der Waals surface area contributed by atoms with E-state index in [9.17, 15) is 14.3 Å². The number of carboxylic acid groups (broad SMARTS) is 1. The summed E-state index contributed by atoms with van der Waals surface area (Å²) < 4.78 is 14.9. The lowest BCUT2D eigenvalue weighted by Gasteiger charge is -2.27. The second-order valence-corrected chi connectivity index (χ2v) is 9.91. The third-order valence-electron chi connectivity index (χ3n) is 6.30. The Kier molecular flexibility index (Phi) is 8.97. The van der Waals surface area contributed by atoms with Crippen molar-refractivity contribution in [1.82, 2.24) is 5.32 Å². The maximum Gasteiger partial charge on any atom is 0.336 e. The van der Waals surface area contributed by atoms with Crippen LogP contribution in [-0.4, -0.2) is 28.6 Å². The molecule has 0 amide bonds. The van der Waals surface area contributed by atoms with Gasteiger partial charge in [-0.15, -0.1) is 0 Å². The number of hydrogen-bond acceptors (Lipinski definition) is 3. The Bertz CT molecular complexity index is 880. The van der Waals surface area contributed by atoms with Crippen LogP contribution in [0.1, 0.15) is 66.9 Å². The van der Waals surface area contributed by atoms with Crippen molar-refractivity contribution in [3.63, 3.8) is 0 Å². The highest BCUT2D eigenvalue weighted by Crippen LogP contribution is 2.31. The summed E-state index contributed by atoms with van der Waals surface area (Å²) in [4.78, 5) is 11.8. The molecule has 1 atom stereocenters. The summed E-state index contributed by atoms with van der Waals surface area (Å²) in [5.41, 5.74) is 2.93. The second kappa shape index (κ2) is 11.7. The van der Waals surface area contributed by atoms with Crippen molar-refractivity contribution in [3.05, 3.63) is 58.9 Å². The molecule has 1 fully saturated rings. The van der Waals surface area contributed by atoms with Gasteiger partial charge in [-0.25, -0.2) is 9.18 Å². The van der Waals surface area contributed by atoms with Crippen molar-refractivity contribution in [1.29, 1.82) is 0 Å². The quantitative estimate of drug-likeness (QED) is 0.430. The molecule has 0 saturated heterocycles. The van der Waals surface area contributed by atoms with E-state index in [1.807, 2.05) is 43.0 Å². The fourth-order valence-corrected chi connectivity index (χ4v) is 5.35. The molecule has 0 radical (unpaired) electrons. The Morgan fingerprint density at radius 1 is 1.19 bits per heavy atom. The first kappa shape index (κ1) is 23.8. The van der Waals surface area contributed by atoms with E-state index in [-0.39, 0.29) is 5.56 Å². The summed E-state index contributed by atoms with van der Waals surface area (Å²) in [5, 5.41) is 13.2. The largest absolute Gasteiger partial charge is 0.478 e. The van der Waals surface area contributed by atoms with Crippen molar-refractivity contribution in [2.45, 2.75) is 65.0 Å². The maximum atomic E-state index is 14.9. The molecule has 5 heteroatoms. The molecule has 31 heavy (non-hydrogen) atoms. The molecular formula is C26H34FNO2S. The van der Waals surface area contributed by atoms with Crippen molar-refractivity contribution in [3.8, 4) is 11.1 Å². The lowest BCUT2D eigenvalue weighted by Crippen LogP contribution is -2.34. The molecule has 1 aliphatic rings. The van der Waals surface area contributed by atoms with Crippen LogP contribution in [0.2, 0.25) is 0 Å². The third kappa shape index (κ3) is 6.56. The van der Waals surface area contributed by atoms with Gasteiger partial charge in [-0.1, -0.05) is 63.3 Å². The van der Waals surface area contributed by atoms with Gasteiger partial charge >= 0.3 is 5.97 Å². The van der Waals surface area contributed by atoms with Crippen LogP contribution in [0.3, 0.4) is 0 Å². The number of benzene rings is 2. The van der Waals surface area contributed by atoms with Crippen LogP contribution >= 0.6 is 11.8 Å². The molecule has 3 rings (SSSR count). The topological polar surface area (TPSA) is 49.3 Å². The first-order valence-electron chi connectivity index (χ1n) is 11.4. The van der Waals surface area contributed by atoms with Crippen LogP contribution in [0.4, 0.5) is 4.39 Å². The Morgan fingerprint density at radius 3 is 2.61 bits per heavy atom. The number of carboxylic acids is 1. The molecular weight excluding hydrogens is 409 g/mol. The zero-order valence-corrected chi connectivity index (χ0v) is 19.4. The minimum atomic E-state index is -1.11. The van der Waals surface area contributed by atoms with Gasteiger partial charge in [0.15, 0.2) is 0 Å². The molecule has 0 bridgehead atoms. The lowest BCUT2D eigenvalue weighted by atomic mass is 9.85. The van der Waals surface area contributed by atoms with E-state index in [4.69, 9.17) is 0 Å². The highest BCUT2D eigenvalue weighted by atomic mass is 32.2. The Morgan fingerprint density at radius 2 is 1.94 bits per heavy atom. The van der Waals surface area contributed by atoms with Crippen LogP contribution in [0.25, 0.3) is 11.1 Å². The average Bonchev–Trinajstić information content (AvgIpc) is 2.77. The number of halogens is 1. The normalized spacial score (nSPS) is 15.7. The van der Waals surface area contributed by atoms with E-state index in [2.05, 4.69) is 12.2 Å². The SMILES string of the molecule is CCSC[C@H](CC1CCCCC1)NCc1cc(-c2ccccc2C)c(C(=O)O)cc1F. The number of aromatic carboxylic acids is 1. The van der Waals surface area contributed by atoms with Gasteiger partial charge in [-0.05, 0) is 53.8 Å². The maximum absolute atomic E-state index is 14.9. The molecule has 3 nitrogen and oxygen atoms in total. The summed E-state index contributed by atoms with van der Waals surface area (Å²) in [7, 11) is 0. The fourth-order valence-electron chi connectivity index (χ4n) is 4.58. The standard InChI is InChI=1S/C26H34FNO2S/c1-3-31-17-21(13-19-10-5-4-6-11-19)28-16-20-14-23(22-12-8-7-9-18(22)2)24(26(29)30)15-25(20)27/h7-9,12,14-15,19,21,28H,3-6,10-11,13,16-17H2,1-2H3,(H,29,30)/t21-/m0/s1. The van der Waals surface area contributed by atoms with Crippen molar-refractivity contribution >= 4 is 17.7 Å². The van der Waals surface area contributed by atoms with Crippen LogP contribution < -0.4 is 5.32 Å². The monoisotopic (exact) mass is 443 g/mol. The summed E-state index contributed by atoms with van der Waals surface area (Å²) in [5.74, 6) is 1.28. The summed E-state index contributed by atoms with van der Waals surface area (Å²) in [6, 6.07) is 10.9. The number of nitrogens with one attached hydrogen (secondary N) is 1. The van der Waals surface area contributed by atoms with E-state index in [0.29, 0.717) is 23.7 Å². The van der Waals surface area contributed by atoms with Crippen molar-refractivity contribution in [2.75, 3.05) is 11.5 Å². The number of hydrogen-bond donors (Lipinski definition) is 2. The first-order chi connectivity index (χ1) is 15.0. The average molecular weight is 444 g/mol. The van der Waals surface area contributed by atoms with Gasteiger partial charge in [0.05, 0.1) is 5.56 Å². The van der Waals surface area contributed by atoms with E-state index >= 15 is 0 Å². The van der Waals surface area contributed by atoms with E-state index < -0.39 is 11.8 Å². The molecule has 1 saturated carbocycles. The molecule has 0 spiro atoms. The first-order valence-corrected chi connectivity index (χ1v) is 12.6. The Labute approximate surface area is 189 Å². The fraction of sp³-hybridized carbons (Fsp3) is 0.500. The highest BCUT2D eigenvalue weighted by molar-refractivity contribution is 7.99. The molecule has 0 aliphatic heterocycles. The molecule has 2 aromatic rings. The Balaban J connectivity index is 1.81. The zero-order valence-electron chi connectivity index (χ0n) is 18.6. The number of rotatable bonds is 10. The van der Waals surface area contributed by atoms with Gasteiger partial charge in [-0.2, -0.15) is 11.8 Å². The Hall–Kier alpha value is -1.85. The predicted molar refractivity (Wildman–Crippen MR) is 128 cm³/mol. The molecule has 1 aliphatic carbocycles. The highest BCUT2D eigenvalue weighted by Gasteiger charge is 2.21. The van der Waals surface area contributed by atoms with Crippen LogP contribution in [0, 0.1) is 18.7 Å². The third-order valence-corrected chi connectivity index (χ3v) is 7.35. The molecule has 0 aromatic heterocycles. The second-order valence-electron chi connectivity index (χ2n) is 8.59. The van der Waals surface area contributed by atoms with E-state index in [1.165, 1.54) is 38.2 Å². The minimum Gasteiger partial charge on any atom is -0.478 e. The zero-order chi connectivity index (χ0) is 22.2. The molecule has 2 N–H and O–H groups in total. The van der Waals surface area contributed by atoms with Gasteiger partial charge in [-0.3, -0.25) is 0 Å². The molecule has 0 heterocycles. The van der Waals surface area contributed by atoms with E-state index in [1.54, 1.807) is 6.07 Å². The predicted octanol–water partition coefficient (Wildman–Crippen LogP) is 6.68. The van der Waals surface area contributed by atoms with Gasteiger partial charge in [0.25, 0.3) is 0 Å². The van der Waals surface area contributed by atoms with Crippen LogP contribution in [-0.2, 0) is 6.54 Å². The van der Waals surface area contributed by atoms with Gasteiger partial charge in [0.2, 0.25) is 0 Å². The number of aryl methyl sites for hydroxylation is 1. The number of carbonyl (C=O) groups is 1. The summed E-state index contributed by atoms with van der Waals surface area (Å²) >= 11 is 1.92. The lowest BCUT2D eigenvalue weighted by molar-refractivity contribution is 0.0697. The summed E-state index contributed by atoms with van der Waals surface area (Å²) in [6.45, 7) is 4.53.